The van der Waals surface area contributed by atoms with E-state index in [1.807, 2.05) is 27.6 Å². The quantitative estimate of drug-likeness (QED) is 0.429. The predicted molar refractivity (Wildman–Crippen MR) is 124 cm³/mol. The summed E-state index contributed by atoms with van der Waals surface area (Å²) in [5.74, 6) is 0.973. The number of para-hydroxylation sites is 1. The van der Waals surface area contributed by atoms with Gasteiger partial charge in [0.2, 0.25) is 0 Å². The number of aryl methyl sites for hydroxylation is 2. The van der Waals surface area contributed by atoms with E-state index < -0.39 is 0 Å². The Kier molecular flexibility index (Phi) is 6.00. The highest BCUT2D eigenvalue weighted by molar-refractivity contribution is 5.64. The van der Waals surface area contributed by atoms with Crippen LogP contribution in [0, 0.1) is 13.8 Å². The van der Waals surface area contributed by atoms with Gasteiger partial charge in [0.05, 0.1) is 17.9 Å². The van der Waals surface area contributed by atoms with Crippen LogP contribution in [-0.2, 0) is 13.1 Å². The minimum absolute atomic E-state index is 0.290. The van der Waals surface area contributed by atoms with Crippen LogP contribution in [0.3, 0.4) is 0 Å². The minimum Gasteiger partial charge on any atom is -0.295 e. The van der Waals surface area contributed by atoms with E-state index in [1.165, 1.54) is 16.7 Å². The summed E-state index contributed by atoms with van der Waals surface area (Å²) in [5.41, 5.74) is 6.97. The fourth-order valence-electron chi connectivity index (χ4n) is 3.78. The van der Waals surface area contributed by atoms with Crippen LogP contribution in [0.5, 0.6) is 0 Å². The van der Waals surface area contributed by atoms with Crippen LogP contribution in [-0.4, -0.2) is 36.5 Å². The zero-order chi connectivity index (χ0) is 22.0. The maximum absolute atomic E-state index is 4.97. The molecule has 160 valence electrons. The largest absolute Gasteiger partial charge is 0.295 e. The van der Waals surface area contributed by atoms with Crippen molar-refractivity contribution >= 4 is 0 Å². The number of hydrogen-bond acceptors (Lipinski definition) is 4. The van der Waals surface area contributed by atoms with Gasteiger partial charge in [-0.05, 0) is 64.1 Å². The van der Waals surface area contributed by atoms with E-state index in [1.54, 1.807) is 6.33 Å². The fraction of sp³-hybridized carbons (Fsp3) is 0.320. The molecule has 4 rings (SSSR count). The Morgan fingerprint density at radius 1 is 0.968 bits per heavy atom. The number of nitrogens with zero attached hydrogens (tertiary/aromatic N) is 6. The molecule has 0 radical (unpaired) electrons. The molecule has 2 aromatic carbocycles. The maximum atomic E-state index is 4.97. The fourth-order valence-corrected chi connectivity index (χ4v) is 3.78. The molecular weight excluding hydrogens is 384 g/mol. The second kappa shape index (κ2) is 8.86. The summed E-state index contributed by atoms with van der Waals surface area (Å²) < 4.78 is 3.96. The first-order valence-electron chi connectivity index (χ1n) is 10.7. The molecule has 0 saturated heterocycles. The molecule has 0 N–H and O–H groups in total. The van der Waals surface area contributed by atoms with Crippen LogP contribution < -0.4 is 0 Å². The van der Waals surface area contributed by atoms with Crippen molar-refractivity contribution in [2.24, 2.45) is 0 Å². The lowest BCUT2D eigenvalue weighted by Crippen LogP contribution is -2.21. The lowest BCUT2D eigenvalue weighted by molar-refractivity contribution is 0.299. The van der Waals surface area contributed by atoms with Crippen molar-refractivity contribution in [3.8, 4) is 16.9 Å². The van der Waals surface area contributed by atoms with E-state index in [0.717, 1.165) is 35.9 Å². The normalized spacial score (nSPS) is 11.6. The van der Waals surface area contributed by atoms with Crippen LogP contribution in [0.25, 0.3) is 16.9 Å². The third-order valence-corrected chi connectivity index (χ3v) is 5.58. The maximum Gasteiger partial charge on any atom is 0.141 e. The number of aromatic nitrogens is 5. The van der Waals surface area contributed by atoms with E-state index >= 15 is 0 Å². The zero-order valence-corrected chi connectivity index (χ0v) is 18.9. The molecule has 0 amide bonds. The van der Waals surface area contributed by atoms with Crippen molar-refractivity contribution in [2.75, 3.05) is 7.05 Å². The topological polar surface area (TPSA) is 51.8 Å². The Hall–Kier alpha value is -3.25. The van der Waals surface area contributed by atoms with E-state index in [4.69, 9.17) is 5.10 Å². The molecule has 0 aliphatic heterocycles. The van der Waals surface area contributed by atoms with Crippen molar-refractivity contribution < 1.29 is 0 Å². The Labute approximate surface area is 184 Å². The molecule has 0 bridgehead atoms. The highest BCUT2D eigenvalue weighted by Gasteiger charge is 2.17. The molecule has 2 heterocycles. The van der Waals surface area contributed by atoms with E-state index in [0.29, 0.717) is 0 Å². The third kappa shape index (κ3) is 4.59. The predicted octanol–water partition coefficient (Wildman–Crippen LogP) is 4.96. The van der Waals surface area contributed by atoms with Gasteiger partial charge >= 0.3 is 0 Å². The molecule has 0 saturated carbocycles. The first-order chi connectivity index (χ1) is 14.9. The standard InChI is InChI=1S/C25H30N6/c1-18(2)31-24(26-17-27-31)16-29(5)14-22-15-30(23-9-7-6-8-10-23)28-25(22)21-12-11-19(3)20(4)13-21/h6-13,15,17-18H,14,16H2,1-5H3. The van der Waals surface area contributed by atoms with Crippen LogP contribution in [0.2, 0.25) is 0 Å². The molecule has 0 aliphatic rings. The molecule has 6 nitrogen and oxygen atoms in total. The summed E-state index contributed by atoms with van der Waals surface area (Å²) >= 11 is 0. The number of rotatable bonds is 7. The van der Waals surface area contributed by atoms with Gasteiger partial charge in [-0.2, -0.15) is 10.2 Å². The lowest BCUT2D eigenvalue weighted by Gasteiger charge is -2.18. The van der Waals surface area contributed by atoms with Gasteiger partial charge in [0.25, 0.3) is 0 Å². The van der Waals surface area contributed by atoms with Gasteiger partial charge in [0, 0.05) is 29.9 Å². The zero-order valence-electron chi connectivity index (χ0n) is 18.9. The van der Waals surface area contributed by atoms with E-state index in [-0.39, 0.29) is 6.04 Å². The summed E-state index contributed by atoms with van der Waals surface area (Å²) in [5, 5.41) is 9.34. The number of hydrogen-bond donors (Lipinski definition) is 0. The minimum atomic E-state index is 0.290. The van der Waals surface area contributed by atoms with Crippen LogP contribution in [0.4, 0.5) is 0 Å². The molecule has 0 unspecified atom stereocenters. The van der Waals surface area contributed by atoms with Gasteiger partial charge in [-0.25, -0.2) is 14.3 Å². The summed E-state index contributed by atoms with van der Waals surface area (Å²) in [6.07, 6.45) is 3.78. The summed E-state index contributed by atoms with van der Waals surface area (Å²) in [7, 11) is 2.11. The van der Waals surface area contributed by atoms with Gasteiger partial charge in [-0.15, -0.1) is 0 Å². The second-order valence-electron chi connectivity index (χ2n) is 8.47. The van der Waals surface area contributed by atoms with Crippen LogP contribution in [0.1, 0.15) is 42.4 Å². The van der Waals surface area contributed by atoms with E-state index in [9.17, 15) is 0 Å². The van der Waals surface area contributed by atoms with Gasteiger partial charge in [0.15, 0.2) is 0 Å². The van der Waals surface area contributed by atoms with Crippen molar-refractivity contribution in [1.29, 1.82) is 0 Å². The van der Waals surface area contributed by atoms with Gasteiger partial charge in [0.1, 0.15) is 12.2 Å². The van der Waals surface area contributed by atoms with E-state index in [2.05, 4.69) is 86.3 Å². The summed E-state index contributed by atoms with van der Waals surface area (Å²) in [6.45, 7) is 10.0. The molecule has 6 heteroatoms. The summed E-state index contributed by atoms with van der Waals surface area (Å²) in [4.78, 5) is 6.73. The Morgan fingerprint density at radius 3 is 2.45 bits per heavy atom. The summed E-state index contributed by atoms with van der Waals surface area (Å²) in [6, 6.07) is 17.1. The van der Waals surface area contributed by atoms with Crippen molar-refractivity contribution in [1.82, 2.24) is 29.4 Å². The molecule has 2 aromatic heterocycles. The highest BCUT2D eigenvalue weighted by atomic mass is 15.4. The van der Waals surface area contributed by atoms with Gasteiger partial charge < -0.3 is 0 Å². The van der Waals surface area contributed by atoms with Gasteiger partial charge in [-0.1, -0.05) is 30.3 Å². The Bertz CT molecular complexity index is 1160. The second-order valence-corrected chi connectivity index (χ2v) is 8.47. The van der Waals surface area contributed by atoms with Crippen molar-refractivity contribution in [3.63, 3.8) is 0 Å². The molecule has 0 atom stereocenters. The first kappa shape index (κ1) is 21.0. The first-order valence-corrected chi connectivity index (χ1v) is 10.7. The Balaban J connectivity index is 1.67. The molecular formula is C25H30N6. The monoisotopic (exact) mass is 414 g/mol. The lowest BCUT2D eigenvalue weighted by atomic mass is 10.0. The average Bonchev–Trinajstić information content (AvgIpc) is 3.38. The SMILES string of the molecule is Cc1ccc(-c2nn(-c3ccccc3)cc2CN(C)Cc2ncnn2C(C)C)cc1C. The molecule has 0 fully saturated rings. The third-order valence-electron chi connectivity index (χ3n) is 5.58. The molecule has 4 aromatic rings. The molecule has 31 heavy (non-hydrogen) atoms. The van der Waals surface area contributed by atoms with Crippen molar-refractivity contribution in [3.05, 3.63) is 83.6 Å². The average molecular weight is 415 g/mol. The Morgan fingerprint density at radius 2 is 1.74 bits per heavy atom. The number of benzene rings is 2. The van der Waals surface area contributed by atoms with Crippen LogP contribution in [0.15, 0.2) is 61.1 Å². The van der Waals surface area contributed by atoms with Crippen molar-refractivity contribution in [2.45, 2.75) is 46.8 Å². The smallest absolute Gasteiger partial charge is 0.141 e. The molecule has 0 spiro atoms. The molecule has 0 aliphatic carbocycles. The van der Waals surface area contributed by atoms with Crippen LogP contribution >= 0.6 is 0 Å². The van der Waals surface area contributed by atoms with Gasteiger partial charge in [-0.3, -0.25) is 4.90 Å². The highest BCUT2D eigenvalue weighted by Crippen LogP contribution is 2.27.